The summed E-state index contributed by atoms with van der Waals surface area (Å²) in [4.78, 5) is 0. The maximum atomic E-state index is 6.41. The molecule has 2 nitrogen and oxygen atoms in total. The molecule has 0 aromatic rings. The van der Waals surface area contributed by atoms with E-state index in [4.69, 9.17) is 10.5 Å². The molecule has 1 rings (SSSR count). The van der Waals surface area contributed by atoms with Crippen molar-refractivity contribution in [3.63, 3.8) is 0 Å². The molecule has 3 unspecified atom stereocenters. The number of ether oxygens (including phenoxy) is 1. The Morgan fingerprint density at radius 1 is 1.40 bits per heavy atom. The second-order valence-electron chi connectivity index (χ2n) is 5.39. The van der Waals surface area contributed by atoms with E-state index in [1.165, 1.54) is 32.1 Å². The van der Waals surface area contributed by atoms with Crippen LogP contribution in [0.5, 0.6) is 0 Å². The smallest absolute Gasteiger partial charge is 0.0479 e. The lowest BCUT2D eigenvalue weighted by Gasteiger charge is -2.39. The average Bonchev–Trinajstić information content (AvgIpc) is 2.26. The van der Waals surface area contributed by atoms with Crippen molar-refractivity contribution >= 4 is 0 Å². The van der Waals surface area contributed by atoms with E-state index < -0.39 is 0 Å². The molecule has 0 aliphatic heterocycles. The average molecular weight is 213 g/mol. The van der Waals surface area contributed by atoms with Crippen molar-refractivity contribution in [2.45, 2.75) is 57.9 Å². The van der Waals surface area contributed by atoms with Crippen LogP contribution in [0.4, 0.5) is 0 Å². The predicted octanol–water partition coefficient (Wildman–Crippen LogP) is 2.96. The summed E-state index contributed by atoms with van der Waals surface area (Å²) in [5.74, 6) is 1.61. The minimum absolute atomic E-state index is 0.0240. The van der Waals surface area contributed by atoms with E-state index in [0.717, 1.165) is 18.9 Å². The van der Waals surface area contributed by atoms with E-state index >= 15 is 0 Å². The van der Waals surface area contributed by atoms with Gasteiger partial charge in [0, 0.05) is 19.3 Å². The fourth-order valence-electron chi connectivity index (χ4n) is 2.79. The molecule has 0 aromatic carbocycles. The van der Waals surface area contributed by atoms with Crippen LogP contribution in [-0.4, -0.2) is 19.3 Å². The molecule has 1 aliphatic rings. The van der Waals surface area contributed by atoms with Crippen LogP contribution in [0.2, 0.25) is 0 Å². The molecule has 1 aliphatic carbocycles. The summed E-state index contributed by atoms with van der Waals surface area (Å²) in [6, 6.07) is 0. The Hall–Kier alpha value is -0.0800. The number of hydrogen-bond acceptors (Lipinski definition) is 2. The molecule has 90 valence electrons. The molecule has 15 heavy (non-hydrogen) atoms. The van der Waals surface area contributed by atoms with E-state index in [1.54, 1.807) is 7.11 Å². The van der Waals surface area contributed by atoms with Gasteiger partial charge in [0.2, 0.25) is 0 Å². The van der Waals surface area contributed by atoms with Crippen LogP contribution < -0.4 is 5.73 Å². The maximum absolute atomic E-state index is 6.41. The summed E-state index contributed by atoms with van der Waals surface area (Å²) in [7, 11) is 1.76. The molecular weight excluding hydrogens is 186 g/mol. The highest BCUT2D eigenvalue weighted by Gasteiger charge is 2.33. The molecule has 0 amide bonds. The second-order valence-corrected chi connectivity index (χ2v) is 5.39. The first kappa shape index (κ1) is 13.0. The van der Waals surface area contributed by atoms with E-state index in [1.807, 2.05) is 0 Å². The van der Waals surface area contributed by atoms with Crippen molar-refractivity contribution in [1.82, 2.24) is 0 Å². The fourth-order valence-corrected chi connectivity index (χ4v) is 2.79. The van der Waals surface area contributed by atoms with Gasteiger partial charge >= 0.3 is 0 Å². The summed E-state index contributed by atoms with van der Waals surface area (Å²) in [6.45, 7) is 5.30. The number of rotatable bonds is 5. The van der Waals surface area contributed by atoms with Crippen LogP contribution >= 0.6 is 0 Å². The van der Waals surface area contributed by atoms with E-state index in [2.05, 4.69) is 13.8 Å². The topological polar surface area (TPSA) is 35.2 Å². The van der Waals surface area contributed by atoms with Gasteiger partial charge in [-0.05, 0) is 38.0 Å². The zero-order valence-electron chi connectivity index (χ0n) is 10.6. The summed E-state index contributed by atoms with van der Waals surface area (Å²) in [6.07, 6.45) is 7.72. The Morgan fingerprint density at radius 3 is 2.73 bits per heavy atom. The molecule has 0 spiro atoms. The van der Waals surface area contributed by atoms with Gasteiger partial charge in [-0.25, -0.2) is 0 Å². The van der Waals surface area contributed by atoms with Gasteiger partial charge in [-0.3, -0.25) is 0 Å². The van der Waals surface area contributed by atoms with Crippen molar-refractivity contribution < 1.29 is 4.74 Å². The molecule has 2 N–H and O–H groups in total. The molecule has 0 aromatic heterocycles. The van der Waals surface area contributed by atoms with Gasteiger partial charge in [0.15, 0.2) is 0 Å². The first-order chi connectivity index (χ1) is 7.10. The highest BCUT2D eigenvalue weighted by atomic mass is 16.5. The number of nitrogens with two attached hydrogens (primary N) is 1. The first-order valence-electron chi connectivity index (χ1n) is 6.38. The van der Waals surface area contributed by atoms with Crippen molar-refractivity contribution in [2.24, 2.45) is 17.6 Å². The minimum Gasteiger partial charge on any atom is -0.385 e. The molecule has 0 heterocycles. The van der Waals surface area contributed by atoms with Gasteiger partial charge in [0.05, 0.1) is 0 Å². The molecule has 0 bridgehead atoms. The Kier molecular flexibility index (Phi) is 5.07. The van der Waals surface area contributed by atoms with Gasteiger partial charge in [-0.15, -0.1) is 0 Å². The van der Waals surface area contributed by atoms with Gasteiger partial charge in [0.1, 0.15) is 0 Å². The lowest BCUT2D eigenvalue weighted by atomic mass is 9.70. The normalized spacial score (nSPS) is 31.2. The third-order valence-electron chi connectivity index (χ3n) is 4.14. The lowest BCUT2D eigenvalue weighted by Crippen LogP contribution is -2.46. The minimum atomic E-state index is -0.0240. The first-order valence-corrected chi connectivity index (χ1v) is 6.38. The van der Waals surface area contributed by atoms with Crippen LogP contribution in [0.15, 0.2) is 0 Å². The molecule has 0 radical (unpaired) electrons. The monoisotopic (exact) mass is 213 g/mol. The SMILES string of the molecule is CCC1CCCC(C(C)(N)CCOC)C1. The van der Waals surface area contributed by atoms with Gasteiger partial charge in [-0.1, -0.05) is 26.2 Å². The Balaban J connectivity index is 2.45. The lowest BCUT2D eigenvalue weighted by molar-refractivity contribution is 0.118. The van der Waals surface area contributed by atoms with Crippen LogP contribution in [0.1, 0.15) is 52.4 Å². The zero-order chi connectivity index (χ0) is 11.3. The van der Waals surface area contributed by atoms with Crippen LogP contribution in [-0.2, 0) is 4.74 Å². The highest BCUT2D eigenvalue weighted by molar-refractivity contribution is 4.90. The van der Waals surface area contributed by atoms with Gasteiger partial charge in [0.25, 0.3) is 0 Å². The fraction of sp³-hybridized carbons (Fsp3) is 1.00. The van der Waals surface area contributed by atoms with Gasteiger partial charge < -0.3 is 10.5 Å². The molecule has 1 saturated carbocycles. The van der Waals surface area contributed by atoms with E-state index in [0.29, 0.717) is 5.92 Å². The largest absolute Gasteiger partial charge is 0.385 e. The molecule has 2 heteroatoms. The third kappa shape index (κ3) is 3.76. The summed E-state index contributed by atoms with van der Waals surface area (Å²) in [5, 5.41) is 0. The second kappa shape index (κ2) is 5.86. The van der Waals surface area contributed by atoms with Crippen molar-refractivity contribution in [1.29, 1.82) is 0 Å². The van der Waals surface area contributed by atoms with Crippen LogP contribution in [0, 0.1) is 11.8 Å². The Bertz CT molecular complexity index is 179. The number of methoxy groups -OCH3 is 1. The van der Waals surface area contributed by atoms with Crippen LogP contribution in [0.25, 0.3) is 0 Å². The Labute approximate surface area is 94.6 Å². The number of hydrogen-bond donors (Lipinski definition) is 1. The summed E-state index contributed by atoms with van der Waals surface area (Å²) in [5.41, 5.74) is 6.39. The third-order valence-corrected chi connectivity index (χ3v) is 4.14. The van der Waals surface area contributed by atoms with E-state index in [-0.39, 0.29) is 5.54 Å². The zero-order valence-corrected chi connectivity index (χ0v) is 10.6. The quantitative estimate of drug-likeness (QED) is 0.762. The van der Waals surface area contributed by atoms with Crippen molar-refractivity contribution in [3.05, 3.63) is 0 Å². The maximum Gasteiger partial charge on any atom is 0.0479 e. The van der Waals surface area contributed by atoms with Gasteiger partial charge in [-0.2, -0.15) is 0 Å². The van der Waals surface area contributed by atoms with Crippen LogP contribution in [0.3, 0.4) is 0 Å². The summed E-state index contributed by atoms with van der Waals surface area (Å²) >= 11 is 0. The van der Waals surface area contributed by atoms with Crippen molar-refractivity contribution in [3.8, 4) is 0 Å². The standard InChI is InChI=1S/C13H27NO/c1-4-11-6-5-7-12(10-11)13(2,14)8-9-15-3/h11-12H,4-10,14H2,1-3H3. The summed E-state index contributed by atoms with van der Waals surface area (Å²) < 4.78 is 5.14. The molecule has 0 saturated heterocycles. The predicted molar refractivity (Wildman–Crippen MR) is 64.8 cm³/mol. The molecular formula is C13H27NO. The molecule has 1 fully saturated rings. The van der Waals surface area contributed by atoms with Crippen molar-refractivity contribution in [2.75, 3.05) is 13.7 Å². The van der Waals surface area contributed by atoms with E-state index in [9.17, 15) is 0 Å². The Morgan fingerprint density at radius 2 is 2.13 bits per heavy atom. The highest BCUT2D eigenvalue weighted by Crippen LogP contribution is 2.37. The molecule has 3 atom stereocenters.